The summed E-state index contributed by atoms with van der Waals surface area (Å²) in [5.74, 6) is -0.637. The van der Waals surface area contributed by atoms with E-state index in [4.69, 9.17) is 4.74 Å². The van der Waals surface area contributed by atoms with Crippen LogP contribution in [0.15, 0.2) is 12.1 Å². The Morgan fingerprint density at radius 1 is 1.22 bits per heavy atom. The molecule has 1 saturated heterocycles. The summed E-state index contributed by atoms with van der Waals surface area (Å²) in [6.45, 7) is 17.5. The third kappa shape index (κ3) is 6.30. The van der Waals surface area contributed by atoms with Crippen LogP contribution < -0.4 is 10.6 Å². The van der Waals surface area contributed by atoms with Crippen molar-refractivity contribution in [2.24, 2.45) is 5.41 Å². The van der Waals surface area contributed by atoms with Crippen molar-refractivity contribution >= 4 is 23.4 Å². The minimum Gasteiger partial charge on any atom is -0.460 e. The summed E-state index contributed by atoms with van der Waals surface area (Å²) in [6, 6.07) is 3.32. The Balaban J connectivity index is 2.04. The molecular weight excluding hydrogens is 461 g/mol. The molecule has 3 heterocycles. The van der Waals surface area contributed by atoms with Gasteiger partial charge in [-0.3, -0.25) is 14.3 Å². The van der Waals surface area contributed by atoms with Gasteiger partial charge < -0.3 is 15.4 Å². The molecule has 2 N–H and O–H groups in total. The number of pyridine rings is 1. The highest BCUT2D eigenvalue weighted by atomic mass is 19.1. The molecule has 0 spiro atoms. The Labute approximate surface area is 213 Å². The van der Waals surface area contributed by atoms with Crippen molar-refractivity contribution in [3.8, 4) is 0 Å². The number of ketones is 1. The van der Waals surface area contributed by atoms with Gasteiger partial charge in [0.1, 0.15) is 11.4 Å². The number of halogens is 1. The number of piperidine rings is 1. The van der Waals surface area contributed by atoms with Crippen LogP contribution in [-0.4, -0.2) is 44.7 Å². The Hall–Kier alpha value is -2.81. The predicted octanol–water partition coefficient (Wildman–Crippen LogP) is 5.07. The fourth-order valence-electron chi connectivity index (χ4n) is 4.81. The average Bonchev–Trinajstić information content (AvgIpc) is 3.09. The molecule has 8 nitrogen and oxygen atoms in total. The average molecular weight is 502 g/mol. The van der Waals surface area contributed by atoms with Gasteiger partial charge in [0.05, 0.1) is 22.2 Å². The van der Waals surface area contributed by atoms with E-state index in [2.05, 4.69) is 41.5 Å². The summed E-state index contributed by atoms with van der Waals surface area (Å²) in [7, 11) is 0. The molecule has 0 amide bonds. The molecule has 0 aliphatic carbocycles. The van der Waals surface area contributed by atoms with Crippen molar-refractivity contribution in [2.45, 2.75) is 98.8 Å². The Morgan fingerprint density at radius 3 is 2.42 bits per heavy atom. The van der Waals surface area contributed by atoms with Gasteiger partial charge in [0.2, 0.25) is 0 Å². The van der Waals surface area contributed by atoms with Crippen molar-refractivity contribution in [1.29, 1.82) is 0 Å². The molecule has 1 aliphatic heterocycles. The summed E-state index contributed by atoms with van der Waals surface area (Å²) in [6.07, 6.45) is 0.992. The van der Waals surface area contributed by atoms with Crippen molar-refractivity contribution < 1.29 is 18.7 Å². The summed E-state index contributed by atoms with van der Waals surface area (Å²) in [4.78, 5) is 30.3. The maximum Gasteiger partial charge on any atom is 0.313 e. The molecule has 9 heteroatoms. The third-order valence-corrected chi connectivity index (χ3v) is 6.32. The van der Waals surface area contributed by atoms with Crippen LogP contribution >= 0.6 is 0 Å². The second-order valence-corrected chi connectivity index (χ2v) is 12.0. The quantitative estimate of drug-likeness (QED) is 0.421. The molecule has 1 fully saturated rings. The standard InChI is InChI=1S/C27H40FN5O3/c1-16-14-27(10-11-29-16,24(35)36-26(7,8)9)15-20-23(28)19(18(3)34)13-21(30-20)31-22-12-17(2)33(32-22)25(4,5)6/h12-13,16,29H,10-11,14-15H2,1-9H3,(H,30,31,32)/t16-,27?/m1/s1. The zero-order valence-corrected chi connectivity index (χ0v) is 23.0. The first-order valence-electron chi connectivity index (χ1n) is 12.5. The third-order valence-electron chi connectivity index (χ3n) is 6.32. The number of Topliss-reactive ketones (excluding diaryl/α,β-unsaturated/α-hetero) is 1. The lowest BCUT2D eigenvalue weighted by atomic mass is 9.72. The van der Waals surface area contributed by atoms with Crippen LogP contribution in [0.4, 0.5) is 16.0 Å². The van der Waals surface area contributed by atoms with Crippen LogP contribution in [0.5, 0.6) is 0 Å². The fraction of sp³-hybridized carbons (Fsp3) is 0.630. The predicted molar refractivity (Wildman–Crippen MR) is 138 cm³/mol. The zero-order valence-electron chi connectivity index (χ0n) is 23.0. The van der Waals surface area contributed by atoms with Gasteiger partial charge in [-0.05, 0) is 87.8 Å². The van der Waals surface area contributed by atoms with Crippen molar-refractivity contribution in [3.63, 3.8) is 0 Å². The van der Waals surface area contributed by atoms with Gasteiger partial charge in [0.15, 0.2) is 17.4 Å². The molecule has 198 valence electrons. The van der Waals surface area contributed by atoms with E-state index in [9.17, 15) is 9.59 Å². The molecule has 36 heavy (non-hydrogen) atoms. The van der Waals surface area contributed by atoms with E-state index >= 15 is 4.39 Å². The van der Waals surface area contributed by atoms with E-state index in [0.29, 0.717) is 31.0 Å². The van der Waals surface area contributed by atoms with Gasteiger partial charge in [0.25, 0.3) is 0 Å². The maximum absolute atomic E-state index is 15.6. The Bertz CT molecular complexity index is 1150. The van der Waals surface area contributed by atoms with Gasteiger partial charge in [-0.1, -0.05) is 0 Å². The van der Waals surface area contributed by atoms with Crippen molar-refractivity contribution in [2.75, 3.05) is 11.9 Å². The summed E-state index contributed by atoms with van der Waals surface area (Å²) < 4.78 is 23.3. The van der Waals surface area contributed by atoms with Crippen LogP contribution in [0.25, 0.3) is 0 Å². The fourth-order valence-corrected chi connectivity index (χ4v) is 4.81. The first-order valence-corrected chi connectivity index (χ1v) is 12.5. The maximum atomic E-state index is 15.6. The van der Waals surface area contributed by atoms with Gasteiger partial charge in [-0.25, -0.2) is 9.37 Å². The van der Waals surface area contributed by atoms with E-state index < -0.39 is 22.6 Å². The van der Waals surface area contributed by atoms with Crippen LogP contribution in [-0.2, 0) is 21.5 Å². The van der Waals surface area contributed by atoms with E-state index in [1.54, 1.807) is 0 Å². The smallest absolute Gasteiger partial charge is 0.313 e. The molecule has 2 atom stereocenters. The number of rotatable bonds is 6. The molecule has 1 unspecified atom stereocenters. The Morgan fingerprint density at radius 2 is 1.89 bits per heavy atom. The monoisotopic (exact) mass is 501 g/mol. The van der Waals surface area contributed by atoms with Crippen molar-refractivity contribution in [3.05, 3.63) is 34.9 Å². The molecule has 1 aliphatic rings. The lowest BCUT2D eigenvalue weighted by Crippen LogP contribution is -2.50. The number of ether oxygens (including phenoxy) is 1. The first kappa shape index (κ1) is 27.8. The van der Waals surface area contributed by atoms with E-state index in [0.717, 1.165) is 5.69 Å². The van der Waals surface area contributed by atoms with E-state index in [1.807, 2.05) is 45.4 Å². The number of carbonyl (C=O) groups excluding carboxylic acids is 2. The largest absolute Gasteiger partial charge is 0.460 e. The number of esters is 1. The molecule has 0 aromatic carbocycles. The van der Waals surface area contributed by atoms with Crippen molar-refractivity contribution in [1.82, 2.24) is 20.1 Å². The van der Waals surface area contributed by atoms with Crippen LogP contribution in [0.1, 0.15) is 90.0 Å². The van der Waals surface area contributed by atoms with Crippen LogP contribution in [0.2, 0.25) is 0 Å². The highest BCUT2D eigenvalue weighted by Crippen LogP contribution is 2.38. The lowest BCUT2D eigenvalue weighted by Gasteiger charge is -2.40. The molecule has 0 bridgehead atoms. The zero-order chi connectivity index (χ0) is 27.1. The lowest BCUT2D eigenvalue weighted by molar-refractivity contribution is -0.170. The van der Waals surface area contributed by atoms with E-state index in [-0.39, 0.29) is 35.2 Å². The van der Waals surface area contributed by atoms with Gasteiger partial charge in [-0.15, -0.1) is 0 Å². The van der Waals surface area contributed by atoms with Gasteiger partial charge in [0, 0.05) is 24.2 Å². The first-order chi connectivity index (χ1) is 16.5. The number of hydrogen-bond acceptors (Lipinski definition) is 7. The number of aryl methyl sites for hydroxylation is 1. The number of anilines is 2. The summed E-state index contributed by atoms with van der Waals surface area (Å²) in [5.41, 5.74) is -0.911. The summed E-state index contributed by atoms with van der Waals surface area (Å²) >= 11 is 0. The minimum atomic E-state index is -0.955. The normalized spacial score (nSPS) is 20.8. The van der Waals surface area contributed by atoms with Gasteiger partial charge in [-0.2, -0.15) is 5.10 Å². The number of nitrogens with one attached hydrogen (secondary N) is 2. The minimum absolute atomic E-state index is 0.0328. The molecule has 0 radical (unpaired) electrons. The number of carbonyl (C=O) groups is 2. The highest BCUT2D eigenvalue weighted by Gasteiger charge is 2.45. The number of nitrogens with zero attached hydrogens (tertiary/aromatic N) is 3. The number of aromatic nitrogens is 3. The molecule has 2 aromatic rings. The molecule has 3 rings (SSSR count). The Kier molecular flexibility index (Phi) is 7.65. The topological polar surface area (TPSA) is 98.1 Å². The second kappa shape index (κ2) is 9.92. The highest BCUT2D eigenvalue weighted by molar-refractivity contribution is 5.95. The molecule has 0 saturated carbocycles. The molecule has 2 aromatic heterocycles. The van der Waals surface area contributed by atoms with Gasteiger partial charge >= 0.3 is 5.97 Å². The number of hydrogen-bond donors (Lipinski definition) is 2. The SMILES string of the molecule is CC(=O)c1cc(Nc2cc(C)n(C(C)(C)C)n2)nc(CC2(C(=O)OC(C)(C)C)CCN[C@H](C)C2)c1F. The van der Waals surface area contributed by atoms with Crippen LogP contribution in [0.3, 0.4) is 0 Å². The molecular formula is C27H40FN5O3. The van der Waals surface area contributed by atoms with E-state index in [1.165, 1.54) is 13.0 Å². The van der Waals surface area contributed by atoms with Crippen LogP contribution in [0, 0.1) is 18.2 Å². The summed E-state index contributed by atoms with van der Waals surface area (Å²) in [5, 5.41) is 11.1. The second-order valence-electron chi connectivity index (χ2n) is 12.0.